The molecule has 0 radical (unpaired) electrons. The van der Waals surface area contributed by atoms with Crippen molar-refractivity contribution >= 4 is 23.5 Å². The highest BCUT2D eigenvalue weighted by Gasteiger charge is 2.30. The van der Waals surface area contributed by atoms with Gasteiger partial charge in [-0.05, 0) is 49.8 Å². The van der Waals surface area contributed by atoms with Gasteiger partial charge in [0.15, 0.2) is 5.76 Å². The molecule has 3 aromatic carbocycles. The molecule has 0 fully saturated rings. The van der Waals surface area contributed by atoms with Gasteiger partial charge in [0.25, 0.3) is 0 Å². The van der Waals surface area contributed by atoms with Gasteiger partial charge in [0, 0.05) is 11.1 Å². The predicted octanol–water partition coefficient (Wildman–Crippen LogP) is 6.29. The number of rotatable bonds is 4. The molecule has 4 rings (SSSR count). The number of benzene rings is 3. The van der Waals surface area contributed by atoms with E-state index in [1.807, 2.05) is 31.2 Å². The second kappa shape index (κ2) is 7.72. The van der Waals surface area contributed by atoms with Gasteiger partial charge >= 0.3 is 0 Å². The van der Waals surface area contributed by atoms with E-state index in [9.17, 15) is 9.18 Å². The molecular weight excluding hydrogens is 391 g/mol. The molecule has 1 aliphatic rings. The van der Waals surface area contributed by atoms with Crippen LogP contribution in [0.4, 0.5) is 4.39 Å². The maximum absolute atomic E-state index is 14.0. The number of halogens is 2. The Morgan fingerprint density at radius 3 is 2.66 bits per heavy atom. The SMILES string of the molecule is Cc1cccc(/C=C2\Oc3c(ccc(OCc4c(F)cccc4Cl)c3C)C2=O)c1. The first-order valence-electron chi connectivity index (χ1n) is 9.14. The molecule has 1 aliphatic heterocycles. The van der Waals surface area contributed by atoms with Gasteiger partial charge in [-0.25, -0.2) is 4.39 Å². The van der Waals surface area contributed by atoms with Gasteiger partial charge in [-0.2, -0.15) is 0 Å². The standard InChI is InChI=1S/C24H18ClFO3/c1-14-5-3-6-16(11-14)12-22-23(27)17-9-10-21(15(2)24(17)29-22)28-13-18-19(25)7-4-8-20(18)26/h3-12H,13H2,1-2H3/b22-12-. The number of fused-ring (bicyclic) bond motifs is 1. The third-order valence-electron chi connectivity index (χ3n) is 4.81. The molecule has 0 spiro atoms. The average molecular weight is 409 g/mol. The summed E-state index contributed by atoms with van der Waals surface area (Å²) < 4.78 is 25.6. The van der Waals surface area contributed by atoms with Crippen molar-refractivity contribution < 1.29 is 18.7 Å². The lowest BCUT2D eigenvalue weighted by Gasteiger charge is -2.12. The summed E-state index contributed by atoms with van der Waals surface area (Å²) in [6, 6.07) is 15.7. The zero-order valence-electron chi connectivity index (χ0n) is 16.0. The fraction of sp³-hybridized carbons (Fsp3) is 0.125. The summed E-state index contributed by atoms with van der Waals surface area (Å²) in [5.41, 5.74) is 3.44. The highest BCUT2D eigenvalue weighted by atomic mass is 35.5. The zero-order chi connectivity index (χ0) is 20.5. The predicted molar refractivity (Wildman–Crippen MR) is 111 cm³/mol. The van der Waals surface area contributed by atoms with E-state index < -0.39 is 5.82 Å². The Hall–Kier alpha value is -3.11. The van der Waals surface area contributed by atoms with Crippen molar-refractivity contribution in [1.29, 1.82) is 0 Å². The van der Waals surface area contributed by atoms with Crippen LogP contribution in [0.5, 0.6) is 11.5 Å². The molecule has 0 unspecified atom stereocenters. The van der Waals surface area contributed by atoms with Crippen LogP contribution in [0.1, 0.15) is 32.6 Å². The zero-order valence-corrected chi connectivity index (χ0v) is 16.7. The normalized spacial score (nSPS) is 14.1. The van der Waals surface area contributed by atoms with Crippen LogP contribution in [0.2, 0.25) is 5.02 Å². The minimum atomic E-state index is -0.425. The second-order valence-corrected chi connectivity index (χ2v) is 7.32. The molecule has 0 bridgehead atoms. The number of Topliss-reactive ketones (excluding diaryl/α,β-unsaturated/α-hetero) is 1. The van der Waals surface area contributed by atoms with E-state index >= 15 is 0 Å². The largest absolute Gasteiger partial charge is 0.488 e. The number of ketones is 1. The molecular formula is C24H18ClFO3. The van der Waals surface area contributed by atoms with E-state index in [-0.39, 0.29) is 23.7 Å². The van der Waals surface area contributed by atoms with Gasteiger partial charge in [-0.15, -0.1) is 0 Å². The van der Waals surface area contributed by atoms with Crippen molar-refractivity contribution in [3.63, 3.8) is 0 Å². The van der Waals surface area contributed by atoms with Crippen LogP contribution < -0.4 is 9.47 Å². The van der Waals surface area contributed by atoms with Gasteiger partial charge < -0.3 is 9.47 Å². The molecule has 0 atom stereocenters. The molecule has 5 heteroatoms. The molecule has 0 saturated carbocycles. The maximum Gasteiger partial charge on any atom is 0.231 e. The Kier molecular flexibility index (Phi) is 5.12. The lowest BCUT2D eigenvalue weighted by molar-refractivity contribution is 0.101. The quantitative estimate of drug-likeness (QED) is 0.476. The summed E-state index contributed by atoms with van der Waals surface area (Å²) >= 11 is 6.06. The van der Waals surface area contributed by atoms with Crippen molar-refractivity contribution in [2.75, 3.05) is 0 Å². The van der Waals surface area contributed by atoms with E-state index in [1.165, 1.54) is 6.07 Å². The van der Waals surface area contributed by atoms with E-state index in [2.05, 4.69) is 0 Å². The number of carbonyl (C=O) groups is 1. The number of hydrogen-bond donors (Lipinski definition) is 0. The third kappa shape index (κ3) is 3.76. The van der Waals surface area contributed by atoms with Crippen molar-refractivity contribution in [2.24, 2.45) is 0 Å². The van der Waals surface area contributed by atoms with Crippen molar-refractivity contribution in [1.82, 2.24) is 0 Å². The first-order chi connectivity index (χ1) is 13.9. The number of carbonyl (C=O) groups excluding carboxylic acids is 1. The van der Waals surface area contributed by atoms with Crippen LogP contribution >= 0.6 is 11.6 Å². The summed E-state index contributed by atoms with van der Waals surface area (Å²) in [5.74, 6) is 0.640. The van der Waals surface area contributed by atoms with Crippen LogP contribution in [-0.4, -0.2) is 5.78 Å². The van der Waals surface area contributed by atoms with E-state index in [0.29, 0.717) is 27.6 Å². The van der Waals surface area contributed by atoms with Crippen molar-refractivity contribution in [3.8, 4) is 11.5 Å². The lowest BCUT2D eigenvalue weighted by atomic mass is 10.1. The van der Waals surface area contributed by atoms with E-state index in [1.54, 1.807) is 37.3 Å². The Morgan fingerprint density at radius 2 is 1.90 bits per heavy atom. The molecule has 0 N–H and O–H groups in total. The van der Waals surface area contributed by atoms with Crippen LogP contribution in [0, 0.1) is 19.7 Å². The molecule has 146 valence electrons. The summed E-state index contributed by atoms with van der Waals surface area (Å²) in [5, 5.41) is 0.304. The van der Waals surface area contributed by atoms with E-state index in [0.717, 1.165) is 11.1 Å². The lowest BCUT2D eigenvalue weighted by Crippen LogP contribution is -2.01. The van der Waals surface area contributed by atoms with Crippen LogP contribution in [0.3, 0.4) is 0 Å². The molecule has 0 amide bonds. The van der Waals surface area contributed by atoms with E-state index in [4.69, 9.17) is 21.1 Å². The molecule has 0 saturated heterocycles. The minimum Gasteiger partial charge on any atom is -0.488 e. The Bertz CT molecular complexity index is 1130. The first kappa shape index (κ1) is 19.2. The first-order valence-corrected chi connectivity index (χ1v) is 9.52. The van der Waals surface area contributed by atoms with Crippen molar-refractivity contribution in [3.05, 3.63) is 99.0 Å². The number of aryl methyl sites for hydroxylation is 1. The topological polar surface area (TPSA) is 35.5 Å². The van der Waals surface area contributed by atoms with Gasteiger partial charge in [0.05, 0.1) is 10.6 Å². The van der Waals surface area contributed by atoms with Crippen molar-refractivity contribution in [2.45, 2.75) is 20.5 Å². The Labute approximate surface area is 173 Å². The highest BCUT2D eigenvalue weighted by molar-refractivity contribution is 6.31. The highest BCUT2D eigenvalue weighted by Crippen LogP contribution is 2.39. The molecule has 3 nitrogen and oxygen atoms in total. The minimum absolute atomic E-state index is 0.0227. The van der Waals surface area contributed by atoms with Crippen LogP contribution in [0.25, 0.3) is 6.08 Å². The average Bonchev–Trinajstić information content (AvgIpc) is 2.99. The van der Waals surface area contributed by atoms with Gasteiger partial charge in [-0.3, -0.25) is 4.79 Å². The van der Waals surface area contributed by atoms with Crippen LogP contribution in [-0.2, 0) is 6.61 Å². The Morgan fingerprint density at radius 1 is 1.10 bits per heavy atom. The molecule has 0 aliphatic carbocycles. The number of allylic oxidation sites excluding steroid dienone is 1. The summed E-state index contributed by atoms with van der Waals surface area (Å²) in [7, 11) is 0. The second-order valence-electron chi connectivity index (χ2n) is 6.91. The van der Waals surface area contributed by atoms with Crippen LogP contribution in [0.15, 0.2) is 60.4 Å². The third-order valence-corrected chi connectivity index (χ3v) is 5.16. The van der Waals surface area contributed by atoms with Gasteiger partial charge in [-0.1, -0.05) is 47.5 Å². The summed E-state index contributed by atoms with van der Waals surface area (Å²) in [6.45, 7) is 3.77. The summed E-state index contributed by atoms with van der Waals surface area (Å²) in [4.78, 5) is 12.7. The number of hydrogen-bond acceptors (Lipinski definition) is 3. The van der Waals surface area contributed by atoms with Gasteiger partial charge in [0.1, 0.15) is 23.9 Å². The monoisotopic (exact) mass is 408 g/mol. The summed E-state index contributed by atoms with van der Waals surface area (Å²) in [6.07, 6.45) is 1.73. The smallest absolute Gasteiger partial charge is 0.231 e. The Balaban J connectivity index is 1.60. The molecule has 1 heterocycles. The fourth-order valence-electron chi connectivity index (χ4n) is 3.26. The molecule has 3 aromatic rings. The number of ether oxygens (including phenoxy) is 2. The maximum atomic E-state index is 14.0. The van der Waals surface area contributed by atoms with Gasteiger partial charge in [0.2, 0.25) is 5.78 Å². The molecule has 0 aromatic heterocycles. The fourth-order valence-corrected chi connectivity index (χ4v) is 3.47. The molecule has 29 heavy (non-hydrogen) atoms.